The molecular formula is C24H31NO3. The molecule has 1 amide bonds. The summed E-state index contributed by atoms with van der Waals surface area (Å²) in [6.45, 7) is 4.62. The zero-order chi connectivity index (χ0) is 19.6. The Morgan fingerprint density at radius 2 is 1.93 bits per heavy atom. The van der Waals surface area contributed by atoms with E-state index in [1.807, 2.05) is 24.3 Å². The molecule has 3 aliphatic rings. The van der Waals surface area contributed by atoms with E-state index in [0.29, 0.717) is 19.4 Å². The van der Waals surface area contributed by atoms with Crippen LogP contribution < -0.4 is 5.32 Å². The lowest BCUT2D eigenvalue weighted by atomic mass is 9.75. The van der Waals surface area contributed by atoms with Gasteiger partial charge in [0.2, 0.25) is 5.91 Å². The van der Waals surface area contributed by atoms with Gasteiger partial charge in [0.05, 0.1) is 12.0 Å². The van der Waals surface area contributed by atoms with Gasteiger partial charge < -0.3 is 10.1 Å². The van der Waals surface area contributed by atoms with Crippen LogP contribution in [0.25, 0.3) is 0 Å². The number of hydrogen-bond acceptors (Lipinski definition) is 3. The summed E-state index contributed by atoms with van der Waals surface area (Å²) in [6.07, 6.45) is 10.4. The second-order valence-corrected chi connectivity index (χ2v) is 9.05. The Morgan fingerprint density at radius 3 is 2.68 bits per heavy atom. The molecule has 1 saturated heterocycles. The molecule has 0 bridgehead atoms. The van der Waals surface area contributed by atoms with E-state index in [0.717, 1.165) is 42.0 Å². The van der Waals surface area contributed by atoms with E-state index in [2.05, 4.69) is 11.9 Å². The molecule has 0 aromatic heterocycles. The maximum Gasteiger partial charge on any atom is 0.313 e. The lowest BCUT2D eigenvalue weighted by Gasteiger charge is -2.24. The average molecular weight is 382 g/mol. The molecule has 0 spiro atoms. The number of esters is 1. The number of cyclic esters (lactones) is 1. The number of nitrogens with one attached hydrogen (secondary N) is 1. The minimum atomic E-state index is -0.429. The van der Waals surface area contributed by atoms with Crippen molar-refractivity contribution in [1.29, 1.82) is 0 Å². The molecule has 1 aliphatic heterocycles. The van der Waals surface area contributed by atoms with Gasteiger partial charge in [-0.1, -0.05) is 56.4 Å². The topological polar surface area (TPSA) is 55.4 Å². The molecule has 2 unspecified atom stereocenters. The molecule has 2 atom stereocenters. The normalized spacial score (nSPS) is 27.5. The molecule has 1 heterocycles. The summed E-state index contributed by atoms with van der Waals surface area (Å²) >= 11 is 0. The van der Waals surface area contributed by atoms with E-state index >= 15 is 0 Å². The van der Waals surface area contributed by atoms with Crippen LogP contribution in [-0.4, -0.2) is 18.5 Å². The van der Waals surface area contributed by atoms with Gasteiger partial charge in [-0.15, -0.1) is 0 Å². The van der Waals surface area contributed by atoms with E-state index in [9.17, 15) is 9.59 Å². The maximum absolute atomic E-state index is 12.4. The number of fused-ring (bicyclic) bond motifs is 1. The van der Waals surface area contributed by atoms with Crippen molar-refractivity contribution in [3.63, 3.8) is 0 Å². The monoisotopic (exact) mass is 381 g/mol. The molecule has 4 nitrogen and oxygen atoms in total. The lowest BCUT2D eigenvalue weighted by molar-refractivity contribution is -0.146. The maximum atomic E-state index is 12.4. The second kappa shape index (κ2) is 8.10. The second-order valence-electron chi connectivity index (χ2n) is 9.05. The first-order valence-corrected chi connectivity index (χ1v) is 10.8. The first-order valence-electron chi connectivity index (χ1n) is 10.8. The Balaban J connectivity index is 1.32. The Hall–Kier alpha value is -2.10. The molecule has 2 saturated carbocycles. The first kappa shape index (κ1) is 19.2. The van der Waals surface area contributed by atoms with Gasteiger partial charge in [0.1, 0.15) is 0 Å². The Bertz CT molecular complexity index is 748. The SMILES string of the molecule is C=C1CC2COC(=O)C2(Cc2ccc(NC(=O)CCC3CCCCC3)cc2)C1. The average Bonchev–Trinajstić information content (AvgIpc) is 3.17. The quantitative estimate of drug-likeness (QED) is 0.555. The molecular weight excluding hydrogens is 350 g/mol. The predicted molar refractivity (Wildman–Crippen MR) is 110 cm³/mol. The molecule has 4 heteroatoms. The minimum Gasteiger partial charge on any atom is -0.465 e. The van der Waals surface area contributed by atoms with Gasteiger partial charge in [0, 0.05) is 18.0 Å². The molecule has 150 valence electrons. The van der Waals surface area contributed by atoms with E-state index < -0.39 is 5.41 Å². The van der Waals surface area contributed by atoms with E-state index in [4.69, 9.17) is 4.74 Å². The molecule has 4 rings (SSSR count). The van der Waals surface area contributed by atoms with Gasteiger partial charge in [-0.25, -0.2) is 0 Å². The minimum absolute atomic E-state index is 0.0729. The fourth-order valence-electron chi connectivity index (χ4n) is 5.37. The molecule has 0 radical (unpaired) electrons. The number of ether oxygens (including phenoxy) is 1. The summed E-state index contributed by atoms with van der Waals surface area (Å²) in [5, 5.41) is 3.02. The Morgan fingerprint density at radius 1 is 1.18 bits per heavy atom. The summed E-state index contributed by atoms with van der Waals surface area (Å²) in [5.41, 5.74) is 2.67. The molecule has 1 aromatic carbocycles. The number of anilines is 1. The Labute approximate surface area is 167 Å². The number of hydrogen-bond donors (Lipinski definition) is 1. The standard InChI is InChI=1S/C24H31NO3/c1-17-13-20-16-28-23(27)24(20,14-17)15-19-7-10-21(11-8-19)25-22(26)12-9-18-5-3-2-4-6-18/h7-8,10-11,18,20H,1-6,9,12-16H2,(H,25,26). The van der Waals surface area contributed by atoms with Crippen molar-refractivity contribution in [2.75, 3.05) is 11.9 Å². The zero-order valence-electron chi connectivity index (χ0n) is 16.7. The van der Waals surface area contributed by atoms with Crippen molar-refractivity contribution in [3.8, 4) is 0 Å². The highest BCUT2D eigenvalue weighted by molar-refractivity contribution is 5.90. The van der Waals surface area contributed by atoms with Crippen LogP contribution in [0.2, 0.25) is 0 Å². The number of carbonyl (C=O) groups is 2. The van der Waals surface area contributed by atoms with Crippen LogP contribution in [0.3, 0.4) is 0 Å². The van der Waals surface area contributed by atoms with Crippen LogP contribution in [0, 0.1) is 17.3 Å². The molecule has 1 aromatic rings. The summed E-state index contributed by atoms with van der Waals surface area (Å²) in [4.78, 5) is 24.7. The smallest absolute Gasteiger partial charge is 0.313 e. The van der Waals surface area contributed by atoms with Crippen molar-refractivity contribution in [2.24, 2.45) is 17.3 Å². The van der Waals surface area contributed by atoms with Crippen molar-refractivity contribution in [2.45, 2.75) is 64.2 Å². The van der Waals surface area contributed by atoms with Crippen LogP contribution in [0.4, 0.5) is 5.69 Å². The van der Waals surface area contributed by atoms with Gasteiger partial charge in [0.25, 0.3) is 0 Å². The molecule has 28 heavy (non-hydrogen) atoms. The third-order valence-corrected chi connectivity index (χ3v) is 6.97. The summed E-state index contributed by atoms with van der Waals surface area (Å²) < 4.78 is 5.36. The number of allylic oxidation sites excluding steroid dienone is 1. The highest BCUT2D eigenvalue weighted by atomic mass is 16.5. The van der Waals surface area contributed by atoms with E-state index in [1.165, 1.54) is 32.1 Å². The number of rotatable bonds is 6. The molecule has 1 N–H and O–H groups in total. The molecule has 3 fully saturated rings. The van der Waals surface area contributed by atoms with E-state index in [1.54, 1.807) is 0 Å². The van der Waals surface area contributed by atoms with Gasteiger partial charge >= 0.3 is 5.97 Å². The fraction of sp³-hybridized carbons (Fsp3) is 0.583. The Kier molecular flexibility index (Phi) is 5.56. The summed E-state index contributed by atoms with van der Waals surface area (Å²) in [5.74, 6) is 1.01. The van der Waals surface area contributed by atoms with Crippen LogP contribution in [0.5, 0.6) is 0 Å². The number of amides is 1. The van der Waals surface area contributed by atoms with Gasteiger partial charge in [-0.2, -0.15) is 0 Å². The highest BCUT2D eigenvalue weighted by Crippen LogP contribution is 2.52. The fourth-order valence-corrected chi connectivity index (χ4v) is 5.37. The summed E-state index contributed by atoms with van der Waals surface area (Å²) in [6, 6.07) is 7.94. The number of carbonyl (C=O) groups excluding carboxylic acids is 2. The summed E-state index contributed by atoms with van der Waals surface area (Å²) in [7, 11) is 0. The third kappa shape index (κ3) is 4.01. The van der Waals surface area contributed by atoms with Crippen LogP contribution in [-0.2, 0) is 20.7 Å². The van der Waals surface area contributed by atoms with Crippen molar-refractivity contribution >= 4 is 17.6 Å². The van der Waals surface area contributed by atoms with E-state index in [-0.39, 0.29) is 17.8 Å². The molecule has 2 aliphatic carbocycles. The van der Waals surface area contributed by atoms with Crippen LogP contribution >= 0.6 is 0 Å². The zero-order valence-corrected chi connectivity index (χ0v) is 16.7. The highest BCUT2D eigenvalue weighted by Gasteiger charge is 2.55. The largest absolute Gasteiger partial charge is 0.465 e. The first-order chi connectivity index (χ1) is 13.5. The van der Waals surface area contributed by atoms with Gasteiger partial charge in [-0.3, -0.25) is 9.59 Å². The predicted octanol–water partition coefficient (Wildman–Crippen LogP) is 5.04. The third-order valence-electron chi connectivity index (χ3n) is 6.97. The van der Waals surface area contributed by atoms with Crippen molar-refractivity contribution in [1.82, 2.24) is 0 Å². The van der Waals surface area contributed by atoms with Crippen molar-refractivity contribution < 1.29 is 14.3 Å². The lowest BCUT2D eigenvalue weighted by Crippen LogP contribution is -2.31. The number of benzene rings is 1. The van der Waals surface area contributed by atoms with Gasteiger partial charge in [0.15, 0.2) is 0 Å². The van der Waals surface area contributed by atoms with Crippen LogP contribution in [0.15, 0.2) is 36.4 Å². The van der Waals surface area contributed by atoms with Crippen molar-refractivity contribution in [3.05, 3.63) is 42.0 Å². The van der Waals surface area contributed by atoms with Gasteiger partial charge in [-0.05, 0) is 49.3 Å². The van der Waals surface area contributed by atoms with Crippen LogP contribution in [0.1, 0.15) is 63.4 Å².